The average molecular weight is 1100 g/mol. The van der Waals surface area contributed by atoms with Crippen molar-refractivity contribution in [3.63, 3.8) is 0 Å². The zero-order valence-electron chi connectivity index (χ0n) is 49.9. The van der Waals surface area contributed by atoms with Crippen molar-refractivity contribution in [2.75, 3.05) is 14.7 Å². The maximum absolute atomic E-state index is 2.36. The molecule has 11 aromatic rings. The van der Waals surface area contributed by atoms with Gasteiger partial charge in [0.15, 0.2) is 0 Å². The van der Waals surface area contributed by atoms with E-state index in [2.05, 4.69) is 360 Å². The second-order valence-electron chi connectivity index (χ2n) is 22.6. The lowest BCUT2D eigenvalue weighted by atomic mass is 9.92. The van der Waals surface area contributed by atoms with E-state index in [1.54, 1.807) is 0 Å². The number of benzene rings is 11. The van der Waals surface area contributed by atoms with Crippen LogP contribution in [0.1, 0.15) is 66.0 Å². The fourth-order valence-electron chi connectivity index (χ4n) is 11.3. The predicted molar refractivity (Wildman–Crippen MR) is 365 cm³/mol. The van der Waals surface area contributed by atoms with Crippen molar-refractivity contribution >= 4 is 45.5 Å². The molecule has 0 radical (unpaired) electrons. The fraction of sp³-hybridized carbons (Fsp3) is 0.122. The van der Waals surface area contributed by atoms with Crippen LogP contribution in [0.2, 0.25) is 0 Å². The van der Waals surface area contributed by atoms with Crippen LogP contribution in [0.25, 0.3) is 33.4 Å². The van der Waals surface area contributed by atoms with Gasteiger partial charge in [0, 0.05) is 51.2 Å². The number of hydrogen-bond acceptors (Lipinski definition) is 3. The molecule has 0 amide bonds. The number of nitrogens with zero attached hydrogens (tertiary/aromatic N) is 3. The molecule has 3 nitrogen and oxygen atoms in total. The van der Waals surface area contributed by atoms with E-state index in [9.17, 15) is 0 Å². The molecule has 1 atom stereocenters. The van der Waals surface area contributed by atoms with Crippen molar-refractivity contribution in [1.82, 2.24) is 0 Å². The van der Waals surface area contributed by atoms with Gasteiger partial charge in [0.1, 0.15) is 0 Å². The van der Waals surface area contributed by atoms with E-state index in [4.69, 9.17) is 0 Å². The van der Waals surface area contributed by atoms with Crippen molar-refractivity contribution in [2.24, 2.45) is 0 Å². The third-order valence-electron chi connectivity index (χ3n) is 16.0. The molecule has 1 aliphatic rings. The van der Waals surface area contributed by atoms with Gasteiger partial charge in [0.2, 0.25) is 0 Å². The van der Waals surface area contributed by atoms with Gasteiger partial charge in [0.05, 0.1) is 0 Å². The first-order valence-electron chi connectivity index (χ1n) is 29.9. The molecule has 0 bridgehead atoms. The van der Waals surface area contributed by atoms with Gasteiger partial charge in [-0.2, -0.15) is 0 Å². The summed E-state index contributed by atoms with van der Waals surface area (Å²) in [7, 11) is 0. The molecule has 85 heavy (non-hydrogen) atoms. The standard InChI is InChI=1S/C55H50N2.C27H25N/c1-41-13-10-11-19-54(39-41)57(55-20-12-14-42(2)40-55)53-37-31-49(32-38-53)48-29-35-52(36-30-48)56(50-17-8-5-9-18-50)51-33-27-47(28-34-51)46-25-23-45(24-26-46)43(3)21-22-44-15-6-4-7-16-44;1-20-10-12-23(13-11-20)24-14-16-25(17-15-24)28(26-8-4-6-21(2)18-26)27-9-5-7-22(3)19-27/h4-10,12-20,23-40,43H,11,21-22H2,1-3H3;4-19H,1-3H3. The second-order valence-corrected chi connectivity index (χ2v) is 22.6. The van der Waals surface area contributed by atoms with Gasteiger partial charge in [-0.05, 0) is 230 Å². The van der Waals surface area contributed by atoms with E-state index in [0.29, 0.717) is 5.92 Å². The van der Waals surface area contributed by atoms with Crippen LogP contribution < -0.4 is 14.7 Å². The molecule has 0 saturated heterocycles. The summed E-state index contributed by atoms with van der Waals surface area (Å²) < 4.78 is 0. The number of hydrogen-bond donors (Lipinski definition) is 0. The Balaban J connectivity index is 0.000000224. The summed E-state index contributed by atoms with van der Waals surface area (Å²) in [5.41, 5.74) is 26.7. The molecule has 11 aromatic carbocycles. The van der Waals surface area contributed by atoms with Crippen molar-refractivity contribution < 1.29 is 0 Å². The van der Waals surface area contributed by atoms with E-state index >= 15 is 0 Å². The molecular formula is C82H75N3. The largest absolute Gasteiger partial charge is 0.311 e. The monoisotopic (exact) mass is 1100 g/mol. The summed E-state index contributed by atoms with van der Waals surface area (Å²) in [6.45, 7) is 13.0. The maximum atomic E-state index is 2.36. The van der Waals surface area contributed by atoms with Gasteiger partial charge in [-0.25, -0.2) is 0 Å². The highest BCUT2D eigenvalue weighted by Gasteiger charge is 2.18. The lowest BCUT2D eigenvalue weighted by Gasteiger charge is -2.27. The highest BCUT2D eigenvalue weighted by molar-refractivity contribution is 5.82. The summed E-state index contributed by atoms with van der Waals surface area (Å²) >= 11 is 0. The number of rotatable bonds is 16. The van der Waals surface area contributed by atoms with Crippen LogP contribution in [0, 0.1) is 27.7 Å². The molecule has 3 heteroatoms. The zero-order chi connectivity index (χ0) is 58.5. The highest BCUT2D eigenvalue weighted by Crippen LogP contribution is 2.40. The van der Waals surface area contributed by atoms with Gasteiger partial charge < -0.3 is 14.7 Å². The molecule has 0 aliphatic heterocycles. The minimum absolute atomic E-state index is 0.509. The summed E-state index contributed by atoms with van der Waals surface area (Å²) in [6.07, 6.45) is 12.2. The third kappa shape index (κ3) is 14.3. The molecule has 0 fully saturated rings. The van der Waals surface area contributed by atoms with Crippen molar-refractivity contribution in [3.05, 3.63) is 348 Å². The van der Waals surface area contributed by atoms with E-state index in [-0.39, 0.29) is 0 Å². The fourth-order valence-corrected chi connectivity index (χ4v) is 11.3. The van der Waals surface area contributed by atoms with Gasteiger partial charge in [-0.3, -0.25) is 0 Å². The molecule has 1 unspecified atom stereocenters. The normalized spacial score (nSPS) is 12.2. The Bertz CT molecular complexity index is 4000. The van der Waals surface area contributed by atoms with Crippen LogP contribution in [-0.4, -0.2) is 0 Å². The minimum Gasteiger partial charge on any atom is -0.311 e. The number of anilines is 8. The topological polar surface area (TPSA) is 9.72 Å². The second kappa shape index (κ2) is 27.0. The predicted octanol–water partition coefficient (Wildman–Crippen LogP) is 23.2. The molecule has 418 valence electrons. The quantitative estimate of drug-likeness (QED) is 0.0955. The summed E-state index contributed by atoms with van der Waals surface area (Å²) in [5.74, 6) is 0.509. The van der Waals surface area contributed by atoms with E-state index < -0.39 is 0 Å². The first kappa shape index (κ1) is 56.9. The van der Waals surface area contributed by atoms with Crippen LogP contribution in [0.5, 0.6) is 0 Å². The molecular weight excluding hydrogens is 1030 g/mol. The Labute approximate surface area is 505 Å². The SMILES string of the molecule is CC1=CC(N(c2ccc(-c3ccc(N(c4ccccc4)c4ccc(-c5ccc(C(C)CCc6ccccc6)cc5)cc4)cc3)cc2)c2cccc(C)c2)=CCC=C1.Cc1ccc(-c2ccc(N(c3cccc(C)c3)c3cccc(C)c3)cc2)cc1. The van der Waals surface area contributed by atoms with Gasteiger partial charge >= 0.3 is 0 Å². The first-order chi connectivity index (χ1) is 41.6. The first-order valence-corrected chi connectivity index (χ1v) is 29.9. The van der Waals surface area contributed by atoms with Gasteiger partial charge in [-0.15, -0.1) is 0 Å². The Hall–Kier alpha value is -9.96. The lowest BCUT2D eigenvalue weighted by Crippen LogP contribution is -2.15. The summed E-state index contributed by atoms with van der Waals surface area (Å²) in [4.78, 5) is 7.01. The Morgan fingerprint density at radius 3 is 1.12 bits per heavy atom. The van der Waals surface area contributed by atoms with Crippen molar-refractivity contribution in [2.45, 2.75) is 66.7 Å². The Morgan fingerprint density at radius 1 is 0.329 bits per heavy atom. The highest BCUT2D eigenvalue weighted by atomic mass is 15.2. The van der Waals surface area contributed by atoms with Crippen molar-refractivity contribution in [3.8, 4) is 33.4 Å². The molecule has 0 spiro atoms. The third-order valence-corrected chi connectivity index (χ3v) is 16.0. The molecule has 12 rings (SSSR count). The smallest absolute Gasteiger partial charge is 0.0464 e. The van der Waals surface area contributed by atoms with Crippen LogP contribution in [0.15, 0.2) is 315 Å². The number of allylic oxidation sites excluding steroid dienone is 5. The molecule has 0 aromatic heterocycles. The van der Waals surface area contributed by atoms with E-state index in [0.717, 1.165) is 53.4 Å². The number of para-hydroxylation sites is 1. The Kier molecular flexibility index (Phi) is 18.0. The van der Waals surface area contributed by atoms with Crippen LogP contribution in [-0.2, 0) is 6.42 Å². The van der Waals surface area contributed by atoms with E-state index in [1.807, 2.05) is 0 Å². The van der Waals surface area contributed by atoms with E-state index in [1.165, 1.54) is 89.4 Å². The summed E-state index contributed by atoms with van der Waals surface area (Å²) in [5, 5.41) is 0. The van der Waals surface area contributed by atoms with Gasteiger partial charge in [-0.1, -0.05) is 213 Å². The minimum atomic E-state index is 0.509. The van der Waals surface area contributed by atoms with Crippen LogP contribution >= 0.6 is 0 Å². The van der Waals surface area contributed by atoms with Crippen LogP contribution in [0.3, 0.4) is 0 Å². The van der Waals surface area contributed by atoms with Crippen LogP contribution in [0.4, 0.5) is 45.5 Å². The summed E-state index contributed by atoms with van der Waals surface area (Å²) in [6, 6.07) is 101. The molecule has 0 N–H and O–H groups in total. The number of aryl methyl sites for hydroxylation is 5. The average Bonchev–Trinajstić information content (AvgIpc) is 3.96. The molecule has 0 heterocycles. The maximum Gasteiger partial charge on any atom is 0.0464 e. The lowest BCUT2D eigenvalue weighted by molar-refractivity contribution is 0.680. The molecule has 1 aliphatic carbocycles. The molecule has 0 saturated carbocycles. The van der Waals surface area contributed by atoms with Gasteiger partial charge in [0.25, 0.3) is 0 Å². The zero-order valence-corrected chi connectivity index (χ0v) is 49.9. The van der Waals surface area contributed by atoms with Crippen molar-refractivity contribution in [1.29, 1.82) is 0 Å². The Morgan fingerprint density at radius 2 is 0.682 bits per heavy atom.